The normalized spacial score (nSPS) is 12.2. The van der Waals surface area contributed by atoms with Gasteiger partial charge in [-0.3, -0.25) is 15.0 Å². The second-order valence-electron chi connectivity index (χ2n) is 9.39. The number of hydrogen-bond donors (Lipinski definition) is 5. The Morgan fingerprint density at radius 3 is 2.46 bits per heavy atom. The molecule has 11 heteroatoms. The number of aliphatic hydroxyl groups excluding tert-OH is 1. The molecular formula is C30H31N5O6. The number of nitrogen functional groups attached to an aromatic ring is 1. The number of carbonyl (C=O) groups excluding carboxylic acids is 3. The third-order valence-electron chi connectivity index (χ3n) is 6.47. The first kappa shape index (κ1) is 29.0. The average molecular weight is 558 g/mol. The lowest BCUT2D eigenvalue weighted by molar-refractivity contribution is 0.0427. The molecule has 1 fully saturated rings. The Labute approximate surface area is 236 Å². The number of esters is 1. The van der Waals surface area contributed by atoms with E-state index in [9.17, 15) is 19.5 Å². The van der Waals surface area contributed by atoms with Gasteiger partial charge >= 0.3 is 5.97 Å². The zero-order valence-electron chi connectivity index (χ0n) is 22.5. The summed E-state index contributed by atoms with van der Waals surface area (Å²) in [5, 5.41) is 22.4. The topological polar surface area (TPSA) is 177 Å². The summed E-state index contributed by atoms with van der Waals surface area (Å²) in [5.74, 6) is -1.09. The van der Waals surface area contributed by atoms with E-state index >= 15 is 0 Å². The van der Waals surface area contributed by atoms with Gasteiger partial charge in [0.1, 0.15) is 23.9 Å². The van der Waals surface area contributed by atoms with Gasteiger partial charge in [0, 0.05) is 40.0 Å². The Kier molecular flexibility index (Phi) is 9.10. The molecule has 0 unspecified atom stereocenters. The summed E-state index contributed by atoms with van der Waals surface area (Å²) < 4.78 is 10.7. The SMILES string of the molecule is C=Cc1cc(C(=O)Nc2ccc(C(=N)N)cc2)c(-c2ccc(C(=O)NCC3CC3)nc2C(=O)OCCO)cc1OC. The van der Waals surface area contributed by atoms with Gasteiger partial charge in [-0.15, -0.1) is 0 Å². The number of nitrogens with two attached hydrogens (primary N) is 1. The summed E-state index contributed by atoms with van der Waals surface area (Å²) in [6, 6.07) is 12.6. The average Bonchev–Trinajstić information content (AvgIpc) is 3.82. The minimum absolute atomic E-state index is 0.0107. The van der Waals surface area contributed by atoms with E-state index in [0.717, 1.165) is 12.8 Å². The molecule has 1 heterocycles. The molecule has 2 aromatic carbocycles. The molecule has 41 heavy (non-hydrogen) atoms. The van der Waals surface area contributed by atoms with Crippen LogP contribution in [-0.4, -0.2) is 60.6 Å². The Morgan fingerprint density at radius 1 is 1.12 bits per heavy atom. The minimum atomic E-state index is -0.871. The highest BCUT2D eigenvalue weighted by atomic mass is 16.5. The van der Waals surface area contributed by atoms with Crippen LogP contribution in [0.3, 0.4) is 0 Å². The van der Waals surface area contributed by atoms with Crippen LogP contribution >= 0.6 is 0 Å². The van der Waals surface area contributed by atoms with Crippen LogP contribution in [-0.2, 0) is 4.74 Å². The molecular weight excluding hydrogens is 526 g/mol. The minimum Gasteiger partial charge on any atom is -0.496 e. The van der Waals surface area contributed by atoms with E-state index in [1.807, 2.05) is 0 Å². The monoisotopic (exact) mass is 557 g/mol. The van der Waals surface area contributed by atoms with Crippen molar-refractivity contribution in [3.05, 3.63) is 83.2 Å². The van der Waals surface area contributed by atoms with Crippen molar-refractivity contribution in [2.24, 2.45) is 11.7 Å². The number of ether oxygens (including phenoxy) is 2. The first-order valence-electron chi connectivity index (χ1n) is 12.9. The number of amides is 2. The maximum Gasteiger partial charge on any atom is 0.357 e. The number of benzene rings is 2. The zero-order valence-corrected chi connectivity index (χ0v) is 22.5. The molecule has 2 amide bonds. The molecule has 0 bridgehead atoms. The maximum absolute atomic E-state index is 13.6. The molecule has 6 N–H and O–H groups in total. The van der Waals surface area contributed by atoms with Crippen molar-refractivity contribution < 1.29 is 29.0 Å². The number of aromatic nitrogens is 1. The van der Waals surface area contributed by atoms with Crippen molar-refractivity contribution in [3.63, 3.8) is 0 Å². The van der Waals surface area contributed by atoms with Gasteiger partial charge in [0.25, 0.3) is 11.8 Å². The van der Waals surface area contributed by atoms with E-state index in [1.165, 1.54) is 25.3 Å². The van der Waals surface area contributed by atoms with E-state index in [-0.39, 0.29) is 35.0 Å². The number of methoxy groups -OCH3 is 1. The van der Waals surface area contributed by atoms with E-state index < -0.39 is 24.4 Å². The lowest BCUT2D eigenvalue weighted by Gasteiger charge is -2.17. The highest BCUT2D eigenvalue weighted by Gasteiger charge is 2.26. The Bertz CT molecular complexity index is 1500. The second kappa shape index (κ2) is 12.9. The predicted octanol–water partition coefficient (Wildman–Crippen LogP) is 3.23. The van der Waals surface area contributed by atoms with Gasteiger partial charge in [-0.25, -0.2) is 9.78 Å². The lowest BCUT2D eigenvalue weighted by Crippen LogP contribution is -2.27. The molecule has 1 aromatic heterocycles. The fraction of sp³-hybridized carbons (Fsp3) is 0.233. The number of carbonyl (C=O) groups is 3. The molecule has 0 aliphatic heterocycles. The number of aliphatic hydroxyl groups is 1. The van der Waals surface area contributed by atoms with Crippen molar-refractivity contribution in [1.29, 1.82) is 5.41 Å². The van der Waals surface area contributed by atoms with Crippen molar-refractivity contribution in [2.75, 3.05) is 32.2 Å². The van der Waals surface area contributed by atoms with Crippen LogP contribution in [0.15, 0.2) is 55.1 Å². The highest BCUT2D eigenvalue weighted by Crippen LogP contribution is 2.34. The van der Waals surface area contributed by atoms with Crippen LogP contribution in [0.1, 0.15) is 55.3 Å². The molecule has 0 saturated heterocycles. The summed E-state index contributed by atoms with van der Waals surface area (Å²) in [5.41, 5.74) is 7.49. The Balaban J connectivity index is 1.79. The molecule has 1 aliphatic rings. The van der Waals surface area contributed by atoms with Crippen LogP contribution < -0.4 is 21.1 Å². The quantitative estimate of drug-likeness (QED) is 0.128. The number of anilines is 1. The molecule has 4 rings (SSSR count). The van der Waals surface area contributed by atoms with Gasteiger partial charge in [0.2, 0.25) is 0 Å². The number of rotatable bonds is 12. The summed E-state index contributed by atoms with van der Waals surface area (Å²) in [4.78, 5) is 43.7. The van der Waals surface area contributed by atoms with Gasteiger partial charge in [0.15, 0.2) is 5.69 Å². The third kappa shape index (κ3) is 6.95. The smallest absolute Gasteiger partial charge is 0.357 e. The molecule has 3 aromatic rings. The van der Waals surface area contributed by atoms with E-state index in [0.29, 0.717) is 40.6 Å². The van der Waals surface area contributed by atoms with E-state index in [2.05, 4.69) is 22.2 Å². The van der Waals surface area contributed by atoms with Crippen molar-refractivity contribution in [2.45, 2.75) is 12.8 Å². The van der Waals surface area contributed by atoms with Gasteiger partial charge in [0.05, 0.1) is 13.7 Å². The Hall–Kier alpha value is -5.03. The summed E-state index contributed by atoms with van der Waals surface area (Å²) >= 11 is 0. The predicted molar refractivity (Wildman–Crippen MR) is 154 cm³/mol. The second-order valence-corrected chi connectivity index (χ2v) is 9.39. The largest absolute Gasteiger partial charge is 0.496 e. The molecule has 11 nitrogen and oxygen atoms in total. The van der Waals surface area contributed by atoms with Gasteiger partial charge in [-0.05, 0) is 67.3 Å². The standard InChI is InChI=1S/C30H31N5O6/c1-3-18-14-23(28(37)34-20-8-6-19(7-9-20)27(31)32)22(15-25(18)40-2)21-10-11-24(29(38)33-16-17-4-5-17)35-26(21)30(39)41-13-12-36/h3,6-11,14-15,17,36H,1,4-5,12-13,16H2,2H3,(H3,31,32)(H,33,38)(H,34,37). The number of nitrogens with one attached hydrogen (secondary N) is 3. The first-order valence-corrected chi connectivity index (χ1v) is 12.9. The number of hydrogen-bond acceptors (Lipinski definition) is 8. The van der Waals surface area contributed by atoms with Crippen molar-refractivity contribution in [1.82, 2.24) is 10.3 Å². The number of nitrogens with zero attached hydrogens (tertiary/aromatic N) is 1. The van der Waals surface area contributed by atoms with Crippen LogP contribution in [0.25, 0.3) is 17.2 Å². The zero-order chi connectivity index (χ0) is 29.5. The van der Waals surface area contributed by atoms with Gasteiger partial charge in [-0.1, -0.05) is 12.7 Å². The first-order chi connectivity index (χ1) is 19.7. The summed E-state index contributed by atoms with van der Waals surface area (Å²) in [6.07, 6.45) is 3.64. The van der Waals surface area contributed by atoms with E-state index in [4.69, 9.17) is 20.6 Å². The highest BCUT2D eigenvalue weighted by molar-refractivity contribution is 6.11. The van der Waals surface area contributed by atoms with Crippen LogP contribution in [0.2, 0.25) is 0 Å². The van der Waals surface area contributed by atoms with Gasteiger partial charge in [-0.2, -0.15) is 0 Å². The van der Waals surface area contributed by atoms with Gasteiger partial charge < -0.3 is 30.9 Å². The van der Waals surface area contributed by atoms with Crippen LogP contribution in [0, 0.1) is 11.3 Å². The number of pyridine rings is 1. The van der Waals surface area contributed by atoms with E-state index in [1.54, 1.807) is 36.4 Å². The number of amidine groups is 1. The molecule has 1 aliphatic carbocycles. The third-order valence-corrected chi connectivity index (χ3v) is 6.47. The molecule has 212 valence electrons. The fourth-order valence-corrected chi connectivity index (χ4v) is 4.09. The summed E-state index contributed by atoms with van der Waals surface area (Å²) in [6.45, 7) is 3.64. The van der Waals surface area contributed by atoms with Crippen molar-refractivity contribution >= 4 is 35.4 Å². The molecule has 0 atom stereocenters. The van der Waals surface area contributed by atoms with Crippen LogP contribution in [0.5, 0.6) is 5.75 Å². The Morgan fingerprint density at radius 2 is 1.85 bits per heavy atom. The molecule has 0 spiro atoms. The van der Waals surface area contributed by atoms with Crippen LogP contribution in [0.4, 0.5) is 5.69 Å². The molecule has 1 saturated carbocycles. The van der Waals surface area contributed by atoms with Crippen molar-refractivity contribution in [3.8, 4) is 16.9 Å². The lowest BCUT2D eigenvalue weighted by atomic mass is 9.94. The molecule has 0 radical (unpaired) electrons. The summed E-state index contributed by atoms with van der Waals surface area (Å²) in [7, 11) is 1.46. The fourth-order valence-electron chi connectivity index (χ4n) is 4.09. The maximum atomic E-state index is 13.6.